The van der Waals surface area contributed by atoms with Crippen molar-refractivity contribution in [2.24, 2.45) is 0 Å². The first-order chi connectivity index (χ1) is 9.54. The van der Waals surface area contributed by atoms with Crippen LogP contribution in [0.5, 0.6) is 5.88 Å². The highest BCUT2D eigenvalue weighted by Gasteiger charge is 2.14. The Bertz CT molecular complexity index is 717. The number of aromatic nitrogens is 2. The maximum atomic E-state index is 13.3. The minimum atomic E-state index is -1.38. The summed E-state index contributed by atoms with van der Waals surface area (Å²) in [5, 5.41) is 9.59. The summed E-state index contributed by atoms with van der Waals surface area (Å²) in [6.45, 7) is 2.09. The molecule has 5 nitrogen and oxygen atoms in total. The Balaban J connectivity index is 2.45. The second kappa shape index (κ2) is 5.73. The molecular formula is C14H15FN2O3. The van der Waals surface area contributed by atoms with Crippen LogP contribution in [0.2, 0.25) is 0 Å². The van der Waals surface area contributed by atoms with Gasteiger partial charge in [-0.3, -0.25) is 9.78 Å². The Morgan fingerprint density at radius 2 is 1.90 bits per heavy atom. The van der Waals surface area contributed by atoms with Gasteiger partial charge in [-0.05, 0) is 30.5 Å². The Morgan fingerprint density at radius 1 is 1.25 bits per heavy atom. The summed E-state index contributed by atoms with van der Waals surface area (Å²) in [7, 11) is 0. The fraction of sp³-hybridized carbons (Fsp3) is 0.286. The molecule has 2 aromatic rings. The zero-order valence-corrected chi connectivity index (χ0v) is 11.0. The molecule has 1 aromatic heterocycles. The normalized spacial score (nSPS) is 10.7. The number of nitrogens with zero attached hydrogens (tertiary/aromatic N) is 1. The lowest BCUT2D eigenvalue weighted by molar-refractivity contribution is 0.386. The van der Waals surface area contributed by atoms with Crippen LogP contribution in [0.25, 0.3) is 5.69 Å². The molecule has 0 aliphatic rings. The molecule has 0 saturated carbocycles. The molecule has 1 aromatic carbocycles. The number of unbranched alkanes of at least 4 members (excludes halogenated alkanes) is 1. The minimum Gasteiger partial charge on any atom is -0.492 e. The molecule has 2 N–H and O–H groups in total. The third kappa shape index (κ3) is 2.64. The van der Waals surface area contributed by atoms with Gasteiger partial charge in [0.2, 0.25) is 11.7 Å². The third-order valence-corrected chi connectivity index (χ3v) is 3.04. The highest BCUT2D eigenvalue weighted by molar-refractivity contribution is 5.37. The van der Waals surface area contributed by atoms with Crippen molar-refractivity contribution in [3.63, 3.8) is 0 Å². The topological polar surface area (TPSA) is 75.1 Å². The van der Waals surface area contributed by atoms with Crippen LogP contribution in [0, 0.1) is 5.82 Å². The average Bonchev–Trinajstić information content (AvgIpc) is 2.44. The van der Waals surface area contributed by atoms with Gasteiger partial charge in [-0.2, -0.15) is 4.39 Å². The number of H-pyrrole nitrogens is 1. The third-order valence-electron chi connectivity index (χ3n) is 3.04. The molecule has 0 radical (unpaired) electrons. The summed E-state index contributed by atoms with van der Waals surface area (Å²) in [5.41, 5.74) is -0.727. The first-order valence-corrected chi connectivity index (χ1v) is 6.37. The van der Waals surface area contributed by atoms with Gasteiger partial charge < -0.3 is 5.11 Å². The molecule has 106 valence electrons. The Labute approximate surface area is 114 Å². The first kappa shape index (κ1) is 14.0. The van der Waals surface area contributed by atoms with E-state index < -0.39 is 22.9 Å². The number of aromatic hydroxyl groups is 1. The molecule has 0 aliphatic carbocycles. The largest absolute Gasteiger partial charge is 0.492 e. The van der Waals surface area contributed by atoms with Gasteiger partial charge >= 0.3 is 5.69 Å². The monoisotopic (exact) mass is 278 g/mol. The van der Waals surface area contributed by atoms with Crippen LogP contribution in [0.4, 0.5) is 4.39 Å². The Morgan fingerprint density at radius 3 is 2.50 bits per heavy atom. The summed E-state index contributed by atoms with van der Waals surface area (Å²) in [4.78, 5) is 24.5. The van der Waals surface area contributed by atoms with E-state index in [4.69, 9.17) is 0 Å². The number of aromatic amines is 1. The fourth-order valence-electron chi connectivity index (χ4n) is 1.94. The number of halogens is 1. The number of aryl methyl sites for hydroxylation is 1. The molecule has 0 unspecified atom stereocenters. The standard InChI is InChI=1S/C14H15FN2O3/c1-2-3-4-9-5-7-10(8-6-9)17-13(19)11(15)12(18)16-14(17)20/h5-8,19H,2-4H2,1H3,(H,16,18,20). The van der Waals surface area contributed by atoms with Crippen LogP contribution >= 0.6 is 0 Å². The van der Waals surface area contributed by atoms with Crippen molar-refractivity contribution >= 4 is 0 Å². The molecule has 0 bridgehead atoms. The van der Waals surface area contributed by atoms with Gasteiger partial charge in [0.1, 0.15) is 0 Å². The Hall–Kier alpha value is -2.37. The van der Waals surface area contributed by atoms with Crippen molar-refractivity contribution in [1.29, 1.82) is 0 Å². The van der Waals surface area contributed by atoms with Crippen LogP contribution in [0.1, 0.15) is 25.3 Å². The second-order valence-electron chi connectivity index (χ2n) is 4.50. The zero-order chi connectivity index (χ0) is 14.7. The summed E-state index contributed by atoms with van der Waals surface area (Å²) in [6, 6.07) is 6.81. The van der Waals surface area contributed by atoms with E-state index in [0.717, 1.165) is 29.4 Å². The fourth-order valence-corrected chi connectivity index (χ4v) is 1.94. The van der Waals surface area contributed by atoms with Crippen LogP contribution in [-0.2, 0) is 6.42 Å². The van der Waals surface area contributed by atoms with E-state index >= 15 is 0 Å². The van der Waals surface area contributed by atoms with Gasteiger partial charge in [0.25, 0.3) is 5.56 Å². The summed E-state index contributed by atoms with van der Waals surface area (Å²) < 4.78 is 14.1. The lowest BCUT2D eigenvalue weighted by Gasteiger charge is -2.09. The lowest BCUT2D eigenvalue weighted by atomic mass is 10.1. The molecule has 0 spiro atoms. The SMILES string of the molecule is CCCCc1ccc(-n2c(O)c(F)c(=O)[nH]c2=O)cc1. The summed E-state index contributed by atoms with van der Waals surface area (Å²) >= 11 is 0. The number of hydrogen-bond donors (Lipinski definition) is 2. The van der Waals surface area contributed by atoms with Crippen molar-refractivity contribution in [3.05, 3.63) is 56.5 Å². The second-order valence-corrected chi connectivity index (χ2v) is 4.50. The predicted molar refractivity (Wildman–Crippen MR) is 72.9 cm³/mol. The smallest absolute Gasteiger partial charge is 0.335 e. The van der Waals surface area contributed by atoms with Crippen LogP contribution in [0.3, 0.4) is 0 Å². The summed E-state index contributed by atoms with van der Waals surface area (Å²) in [6.07, 6.45) is 3.04. The van der Waals surface area contributed by atoms with E-state index in [1.807, 2.05) is 4.98 Å². The van der Waals surface area contributed by atoms with Gasteiger partial charge in [0.05, 0.1) is 5.69 Å². The molecule has 0 fully saturated rings. The number of rotatable bonds is 4. The van der Waals surface area contributed by atoms with Crippen molar-refractivity contribution in [3.8, 4) is 11.6 Å². The lowest BCUT2D eigenvalue weighted by Crippen LogP contribution is -2.30. The van der Waals surface area contributed by atoms with Gasteiger partial charge in [-0.1, -0.05) is 25.5 Å². The molecule has 6 heteroatoms. The van der Waals surface area contributed by atoms with E-state index in [9.17, 15) is 19.1 Å². The van der Waals surface area contributed by atoms with Crippen molar-refractivity contribution in [1.82, 2.24) is 9.55 Å². The number of hydrogen-bond acceptors (Lipinski definition) is 3. The van der Waals surface area contributed by atoms with Gasteiger partial charge in [0.15, 0.2) is 0 Å². The molecule has 0 atom stereocenters. The molecule has 2 rings (SSSR count). The van der Waals surface area contributed by atoms with Crippen LogP contribution in [0.15, 0.2) is 33.9 Å². The van der Waals surface area contributed by atoms with E-state index in [1.54, 1.807) is 24.3 Å². The molecule has 1 heterocycles. The summed E-state index contributed by atoms with van der Waals surface area (Å²) in [5.74, 6) is -2.36. The van der Waals surface area contributed by atoms with Gasteiger partial charge in [-0.15, -0.1) is 0 Å². The molecule has 0 amide bonds. The highest BCUT2D eigenvalue weighted by atomic mass is 19.1. The van der Waals surface area contributed by atoms with E-state index in [-0.39, 0.29) is 0 Å². The predicted octanol–water partition coefficient (Wildman–Crippen LogP) is 1.71. The molecule has 0 saturated heterocycles. The minimum absolute atomic E-state index is 0.294. The zero-order valence-electron chi connectivity index (χ0n) is 11.0. The van der Waals surface area contributed by atoms with Crippen LogP contribution < -0.4 is 11.2 Å². The van der Waals surface area contributed by atoms with Gasteiger partial charge in [-0.25, -0.2) is 9.36 Å². The van der Waals surface area contributed by atoms with E-state index in [0.29, 0.717) is 5.69 Å². The average molecular weight is 278 g/mol. The maximum absolute atomic E-state index is 13.3. The molecular weight excluding hydrogens is 263 g/mol. The molecule has 20 heavy (non-hydrogen) atoms. The van der Waals surface area contributed by atoms with E-state index in [2.05, 4.69) is 6.92 Å². The number of benzene rings is 1. The highest BCUT2D eigenvalue weighted by Crippen LogP contribution is 2.16. The first-order valence-electron chi connectivity index (χ1n) is 6.37. The number of nitrogens with one attached hydrogen (secondary N) is 1. The Kier molecular flexibility index (Phi) is 4.02. The van der Waals surface area contributed by atoms with E-state index in [1.165, 1.54) is 0 Å². The van der Waals surface area contributed by atoms with Crippen molar-refractivity contribution in [2.75, 3.05) is 0 Å². The van der Waals surface area contributed by atoms with Crippen molar-refractivity contribution in [2.45, 2.75) is 26.2 Å². The molecule has 0 aliphatic heterocycles. The van der Waals surface area contributed by atoms with Gasteiger partial charge in [0, 0.05) is 0 Å². The maximum Gasteiger partial charge on any atom is 0.335 e. The van der Waals surface area contributed by atoms with Crippen LogP contribution in [-0.4, -0.2) is 14.7 Å². The van der Waals surface area contributed by atoms with Crippen molar-refractivity contribution < 1.29 is 9.50 Å². The quantitative estimate of drug-likeness (QED) is 0.894.